The van der Waals surface area contributed by atoms with E-state index >= 15 is 0 Å². The first-order valence-electron chi connectivity index (χ1n) is 6.41. The molecule has 0 aliphatic heterocycles. The molecule has 3 heteroatoms. The van der Waals surface area contributed by atoms with Gasteiger partial charge >= 0.3 is 0 Å². The lowest BCUT2D eigenvalue weighted by Crippen LogP contribution is -2.37. The van der Waals surface area contributed by atoms with E-state index in [1.807, 2.05) is 11.3 Å². The van der Waals surface area contributed by atoms with Gasteiger partial charge in [0.05, 0.1) is 11.2 Å². The molecule has 1 heterocycles. The van der Waals surface area contributed by atoms with E-state index in [0.29, 0.717) is 0 Å². The summed E-state index contributed by atoms with van der Waals surface area (Å²) in [6, 6.07) is 0. The minimum Gasteiger partial charge on any atom is -0.308 e. The van der Waals surface area contributed by atoms with Gasteiger partial charge in [-0.3, -0.25) is 0 Å². The summed E-state index contributed by atoms with van der Waals surface area (Å²) in [5.74, 6) is 0.839. The van der Waals surface area contributed by atoms with E-state index in [0.717, 1.165) is 5.92 Å². The molecule has 0 bridgehead atoms. The number of nitrogens with zero attached hydrogens (tertiary/aromatic N) is 1. The van der Waals surface area contributed by atoms with E-state index in [-0.39, 0.29) is 5.54 Å². The monoisotopic (exact) mass is 236 g/mol. The zero-order chi connectivity index (χ0) is 11.2. The fraction of sp³-hybridized carbons (Fsp3) is 0.769. The highest BCUT2D eigenvalue weighted by molar-refractivity contribution is 7.12. The molecule has 1 N–H and O–H groups in total. The van der Waals surface area contributed by atoms with Gasteiger partial charge < -0.3 is 5.32 Å². The van der Waals surface area contributed by atoms with Crippen LogP contribution in [0.4, 0.5) is 0 Å². The summed E-state index contributed by atoms with van der Waals surface area (Å²) in [6.07, 6.45) is 7.65. The van der Waals surface area contributed by atoms with Crippen molar-refractivity contribution >= 4 is 11.3 Å². The number of thiazole rings is 1. The molecule has 2 aliphatic rings. The number of hydrogen-bond donors (Lipinski definition) is 1. The normalized spacial score (nSPS) is 33.2. The van der Waals surface area contributed by atoms with Crippen molar-refractivity contribution in [3.05, 3.63) is 15.6 Å². The Bertz CT molecular complexity index is 377. The largest absolute Gasteiger partial charge is 0.308 e. The molecule has 1 fully saturated rings. The standard InChI is InChI=1S/C13H20N2S/c1-9-6-7-13(8-9,14-2)12-15-10-4-3-5-11(10)16-12/h9,14H,3-8H2,1-2H3. The number of hydrogen-bond acceptors (Lipinski definition) is 3. The van der Waals surface area contributed by atoms with Crippen molar-refractivity contribution < 1.29 is 0 Å². The molecular formula is C13H20N2S. The van der Waals surface area contributed by atoms with Crippen LogP contribution in [0.2, 0.25) is 0 Å². The Balaban J connectivity index is 1.94. The summed E-state index contributed by atoms with van der Waals surface area (Å²) >= 11 is 1.97. The Morgan fingerprint density at radius 1 is 1.44 bits per heavy atom. The second-order valence-corrected chi connectivity index (χ2v) is 6.51. The molecule has 2 unspecified atom stereocenters. The Kier molecular flexibility index (Phi) is 2.55. The lowest BCUT2D eigenvalue weighted by atomic mass is 9.97. The maximum atomic E-state index is 4.91. The predicted molar refractivity (Wildman–Crippen MR) is 67.9 cm³/mol. The Morgan fingerprint density at radius 2 is 2.31 bits per heavy atom. The van der Waals surface area contributed by atoms with Crippen LogP contribution in [0.25, 0.3) is 0 Å². The molecule has 3 rings (SSSR count). The third-order valence-electron chi connectivity index (χ3n) is 4.24. The summed E-state index contributed by atoms with van der Waals surface area (Å²) in [4.78, 5) is 6.47. The Labute approximate surface area is 101 Å². The average Bonchev–Trinajstić information content (AvgIpc) is 2.90. The fourth-order valence-electron chi connectivity index (χ4n) is 3.22. The van der Waals surface area contributed by atoms with Crippen molar-refractivity contribution in [1.82, 2.24) is 10.3 Å². The molecule has 2 atom stereocenters. The molecule has 88 valence electrons. The first-order chi connectivity index (χ1) is 7.73. The smallest absolute Gasteiger partial charge is 0.113 e. The van der Waals surface area contributed by atoms with E-state index in [4.69, 9.17) is 4.98 Å². The summed E-state index contributed by atoms with van der Waals surface area (Å²) in [6.45, 7) is 2.36. The predicted octanol–water partition coefficient (Wildman–Crippen LogP) is 2.87. The Morgan fingerprint density at radius 3 is 2.94 bits per heavy atom. The van der Waals surface area contributed by atoms with E-state index in [9.17, 15) is 0 Å². The van der Waals surface area contributed by atoms with Crippen molar-refractivity contribution in [2.45, 2.75) is 51.0 Å². The molecule has 2 aliphatic carbocycles. The maximum Gasteiger partial charge on any atom is 0.113 e. The van der Waals surface area contributed by atoms with Gasteiger partial charge in [0.25, 0.3) is 0 Å². The van der Waals surface area contributed by atoms with Gasteiger partial charge in [-0.05, 0) is 51.5 Å². The topological polar surface area (TPSA) is 24.9 Å². The van der Waals surface area contributed by atoms with Crippen LogP contribution in [0.3, 0.4) is 0 Å². The number of fused-ring (bicyclic) bond motifs is 1. The first-order valence-corrected chi connectivity index (χ1v) is 7.23. The van der Waals surface area contributed by atoms with Crippen molar-refractivity contribution in [3.8, 4) is 0 Å². The van der Waals surface area contributed by atoms with Crippen LogP contribution in [0.1, 0.15) is 48.2 Å². The zero-order valence-electron chi connectivity index (χ0n) is 10.2. The van der Waals surface area contributed by atoms with Gasteiger partial charge in [0.1, 0.15) is 5.01 Å². The minimum absolute atomic E-state index is 0.203. The van der Waals surface area contributed by atoms with Crippen molar-refractivity contribution in [3.63, 3.8) is 0 Å². The molecule has 0 aromatic carbocycles. The van der Waals surface area contributed by atoms with Crippen molar-refractivity contribution in [2.24, 2.45) is 5.92 Å². The quantitative estimate of drug-likeness (QED) is 0.854. The molecule has 0 radical (unpaired) electrons. The van der Waals surface area contributed by atoms with E-state index in [1.54, 1.807) is 4.88 Å². The summed E-state index contributed by atoms with van der Waals surface area (Å²) in [7, 11) is 2.10. The van der Waals surface area contributed by atoms with Crippen molar-refractivity contribution in [1.29, 1.82) is 0 Å². The van der Waals surface area contributed by atoms with E-state index in [1.165, 1.54) is 49.2 Å². The Hall–Kier alpha value is -0.410. The lowest BCUT2D eigenvalue weighted by molar-refractivity contribution is 0.357. The highest BCUT2D eigenvalue weighted by Crippen LogP contribution is 2.44. The second-order valence-electron chi connectivity index (χ2n) is 5.42. The zero-order valence-corrected chi connectivity index (χ0v) is 11.0. The average molecular weight is 236 g/mol. The summed E-state index contributed by atoms with van der Waals surface area (Å²) in [5.41, 5.74) is 1.60. The van der Waals surface area contributed by atoms with E-state index < -0.39 is 0 Å². The molecule has 1 saturated carbocycles. The SMILES string of the molecule is CNC1(c2nc3c(s2)CCC3)CCC(C)C1. The number of nitrogens with one attached hydrogen (secondary N) is 1. The molecule has 1 aromatic rings. The number of rotatable bonds is 2. The first kappa shape index (κ1) is 10.7. The van der Waals surface area contributed by atoms with Crippen LogP contribution < -0.4 is 5.32 Å². The molecular weight excluding hydrogens is 216 g/mol. The molecule has 0 saturated heterocycles. The fourth-order valence-corrected chi connectivity index (χ4v) is 4.60. The van der Waals surface area contributed by atoms with Gasteiger partial charge in [-0.2, -0.15) is 0 Å². The van der Waals surface area contributed by atoms with Gasteiger partial charge in [0.15, 0.2) is 0 Å². The maximum absolute atomic E-state index is 4.91. The minimum atomic E-state index is 0.203. The van der Waals surface area contributed by atoms with Gasteiger partial charge in [-0.1, -0.05) is 6.92 Å². The lowest BCUT2D eigenvalue weighted by Gasteiger charge is -2.26. The molecule has 0 spiro atoms. The van der Waals surface area contributed by atoms with Crippen LogP contribution in [-0.4, -0.2) is 12.0 Å². The second kappa shape index (κ2) is 3.81. The number of aryl methyl sites for hydroxylation is 2. The molecule has 1 aromatic heterocycles. The van der Waals surface area contributed by atoms with Crippen LogP contribution in [0, 0.1) is 5.92 Å². The highest BCUT2D eigenvalue weighted by Gasteiger charge is 2.40. The number of aromatic nitrogens is 1. The van der Waals surface area contributed by atoms with Gasteiger partial charge in [0.2, 0.25) is 0 Å². The molecule has 2 nitrogen and oxygen atoms in total. The van der Waals surface area contributed by atoms with Crippen LogP contribution in [0.15, 0.2) is 0 Å². The third kappa shape index (κ3) is 1.52. The van der Waals surface area contributed by atoms with Gasteiger partial charge in [0, 0.05) is 4.88 Å². The van der Waals surface area contributed by atoms with Crippen molar-refractivity contribution in [2.75, 3.05) is 7.05 Å². The van der Waals surface area contributed by atoms with Crippen LogP contribution in [-0.2, 0) is 18.4 Å². The molecule has 0 amide bonds. The third-order valence-corrected chi connectivity index (χ3v) is 5.61. The molecule has 16 heavy (non-hydrogen) atoms. The van der Waals surface area contributed by atoms with Crippen LogP contribution in [0.5, 0.6) is 0 Å². The summed E-state index contributed by atoms with van der Waals surface area (Å²) < 4.78 is 0. The van der Waals surface area contributed by atoms with E-state index in [2.05, 4.69) is 19.3 Å². The van der Waals surface area contributed by atoms with Crippen LogP contribution >= 0.6 is 11.3 Å². The van der Waals surface area contributed by atoms with Gasteiger partial charge in [-0.25, -0.2) is 4.98 Å². The van der Waals surface area contributed by atoms with Gasteiger partial charge in [-0.15, -0.1) is 11.3 Å². The summed E-state index contributed by atoms with van der Waals surface area (Å²) in [5, 5.41) is 4.93. The highest BCUT2D eigenvalue weighted by atomic mass is 32.1.